The second kappa shape index (κ2) is 6.51. The Labute approximate surface area is 145 Å². The minimum atomic E-state index is -7.26. The van der Waals surface area contributed by atoms with Gasteiger partial charge >= 0.3 is 35.5 Å². The molecule has 1 N–H and O–H groups in total. The second-order valence-electron chi connectivity index (χ2n) is 5.78. The van der Waals surface area contributed by atoms with E-state index < -0.39 is 48.1 Å². The van der Waals surface area contributed by atoms with Crippen molar-refractivity contribution in [2.45, 2.75) is 50.4 Å². The Morgan fingerprint density at radius 2 is 1.22 bits per heavy atom. The molecule has 0 radical (unpaired) electrons. The summed E-state index contributed by atoms with van der Waals surface area (Å²) in [7, 11) is 0. The number of alkyl halides is 10. The maximum absolute atomic E-state index is 13.7. The molecule has 1 aromatic heterocycles. The standard InChI is InChI=1S/C14H12F10N2O/c1-6-4-8(5-7(2)25-6)26-9(27)11(17,18)13(21,22)14(23,24)12(19,20)10(3,15)16/h4-5H,1-3H3,(H,25,26,27). The summed E-state index contributed by atoms with van der Waals surface area (Å²) >= 11 is 0. The SMILES string of the molecule is Cc1cc(NC(=O)C(F)(F)C(F)(F)C(F)(F)C(F)(F)C(C)(F)F)cc(C)n1. The highest BCUT2D eigenvalue weighted by Crippen LogP contribution is 2.56. The summed E-state index contributed by atoms with van der Waals surface area (Å²) in [5.41, 5.74) is -0.345. The molecular formula is C14H12F10N2O. The predicted molar refractivity (Wildman–Crippen MR) is 72.7 cm³/mol. The van der Waals surface area contributed by atoms with Crippen molar-refractivity contribution in [3.63, 3.8) is 0 Å². The molecule has 0 atom stereocenters. The quantitative estimate of drug-likeness (QED) is 0.678. The van der Waals surface area contributed by atoms with Crippen LogP contribution in [-0.2, 0) is 4.79 Å². The average molecular weight is 414 g/mol. The van der Waals surface area contributed by atoms with Crippen molar-refractivity contribution in [3.05, 3.63) is 23.5 Å². The van der Waals surface area contributed by atoms with E-state index in [1.54, 1.807) is 0 Å². The summed E-state index contributed by atoms with van der Waals surface area (Å²) in [5, 5.41) is 1.16. The lowest BCUT2D eigenvalue weighted by atomic mass is 9.94. The van der Waals surface area contributed by atoms with Crippen LogP contribution in [0.4, 0.5) is 49.6 Å². The van der Waals surface area contributed by atoms with Gasteiger partial charge in [0.2, 0.25) is 0 Å². The van der Waals surface area contributed by atoms with Crippen LogP contribution in [0.3, 0.4) is 0 Å². The van der Waals surface area contributed by atoms with Gasteiger partial charge in [-0.1, -0.05) is 0 Å². The van der Waals surface area contributed by atoms with Crippen molar-refractivity contribution in [1.82, 2.24) is 4.98 Å². The number of amides is 1. The number of hydrogen-bond donors (Lipinski definition) is 1. The molecule has 154 valence electrons. The molecule has 1 heterocycles. The van der Waals surface area contributed by atoms with Crippen LogP contribution in [0.25, 0.3) is 0 Å². The Balaban J connectivity index is 3.31. The average Bonchev–Trinajstić information content (AvgIpc) is 2.44. The van der Waals surface area contributed by atoms with Crippen LogP contribution in [0.5, 0.6) is 0 Å². The number of nitrogens with zero attached hydrogens (tertiary/aromatic N) is 1. The summed E-state index contributed by atoms with van der Waals surface area (Å²) in [6.07, 6.45) is 0. The second-order valence-corrected chi connectivity index (χ2v) is 5.78. The van der Waals surface area contributed by atoms with Gasteiger partial charge in [0.05, 0.1) is 0 Å². The first kappa shape index (κ1) is 23.0. The van der Waals surface area contributed by atoms with Crippen molar-refractivity contribution in [2.24, 2.45) is 0 Å². The smallest absolute Gasteiger partial charge is 0.321 e. The maximum atomic E-state index is 13.7. The van der Waals surface area contributed by atoms with Gasteiger partial charge in [-0.05, 0) is 26.0 Å². The van der Waals surface area contributed by atoms with E-state index >= 15 is 0 Å². The van der Waals surface area contributed by atoms with E-state index in [2.05, 4.69) is 4.98 Å². The van der Waals surface area contributed by atoms with Crippen LogP contribution in [0.1, 0.15) is 18.3 Å². The summed E-state index contributed by atoms with van der Waals surface area (Å²) in [6.45, 7) is 1.78. The Kier molecular flexibility index (Phi) is 5.54. The third-order valence-electron chi connectivity index (χ3n) is 3.36. The summed E-state index contributed by atoms with van der Waals surface area (Å²) in [5.74, 6) is -36.6. The lowest BCUT2D eigenvalue weighted by molar-refractivity contribution is -0.391. The van der Waals surface area contributed by atoms with Gasteiger partial charge in [-0.15, -0.1) is 0 Å². The van der Waals surface area contributed by atoms with E-state index in [1.165, 1.54) is 13.8 Å². The lowest BCUT2D eigenvalue weighted by Crippen LogP contribution is -2.68. The molecule has 0 saturated carbocycles. The number of carbonyl (C=O) groups is 1. The monoisotopic (exact) mass is 414 g/mol. The zero-order valence-electron chi connectivity index (χ0n) is 13.8. The Bertz CT molecular complexity index is 707. The normalized spacial score (nSPS) is 14.3. The number of hydrogen-bond acceptors (Lipinski definition) is 2. The van der Waals surface area contributed by atoms with Crippen LogP contribution >= 0.6 is 0 Å². The van der Waals surface area contributed by atoms with Gasteiger partial charge < -0.3 is 5.32 Å². The van der Waals surface area contributed by atoms with E-state index in [4.69, 9.17) is 0 Å². The third-order valence-corrected chi connectivity index (χ3v) is 3.36. The molecule has 0 aromatic carbocycles. The largest absolute Gasteiger partial charge is 0.393 e. The van der Waals surface area contributed by atoms with Gasteiger partial charge in [0, 0.05) is 24.0 Å². The minimum absolute atomic E-state index is 0.114. The Morgan fingerprint density at radius 3 is 1.59 bits per heavy atom. The minimum Gasteiger partial charge on any atom is -0.321 e. The van der Waals surface area contributed by atoms with E-state index in [0.29, 0.717) is 0 Å². The number of halogens is 10. The highest BCUT2D eigenvalue weighted by Gasteiger charge is 2.86. The number of aromatic nitrogens is 1. The van der Waals surface area contributed by atoms with Crippen molar-refractivity contribution in [3.8, 4) is 0 Å². The van der Waals surface area contributed by atoms with Gasteiger partial charge in [-0.25, -0.2) is 0 Å². The summed E-state index contributed by atoms with van der Waals surface area (Å²) in [6, 6.07) is 1.79. The molecule has 1 aromatic rings. The van der Waals surface area contributed by atoms with Gasteiger partial charge in [-0.3, -0.25) is 9.78 Å². The number of nitrogens with one attached hydrogen (secondary N) is 1. The number of pyridine rings is 1. The summed E-state index contributed by atoms with van der Waals surface area (Å²) < 4.78 is 133. The third kappa shape index (κ3) is 3.68. The molecule has 1 rings (SSSR count). The fourth-order valence-electron chi connectivity index (χ4n) is 1.93. The van der Waals surface area contributed by atoms with Crippen LogP contribution in [0, 0.1) is 13.8 Å². The molecule has 27 heavy (non-hydrogen) atoms. The molecule has 0 aliphatic carbocycles. The lowest BCUT2D eigenvalue weighted by Gasteiger charge is -2.37. The molecular weight excluding hydrogens is 402 g/mol. The van der Waals surface area contributed by atoms with Crippen molar-refractivity contribution in [1.29, 1.82) is 0 Å². The molecule has 0 spiro atoms. The number of anilines is 1. The van der Waals surface area contributed by atoms with Crippen LogP contribution in [-0.4, -0.2) is 40.5 Å². The van der Waals surface area contributed by atoms with Gasteiger partial charge in [0.15, 0.2) is 0 Å². The molecule has 0 fully saturated rings. The Hall–Kier alpha value is -2.08. The van der Waals surface area contributed by atoms with E-state index in [9.17, 15) is 48.7 Å². The van der Waals surface area contributed by atoms with E-state index in [0.717, 1.165) is 17.4 Å². The number of rotatable bonds is 6. The van der Waals surface area contributed by atoms with Crippen molar-refractivity contribution < 1.29 is 48.7 Å². The first-order valence-electron chi connectivity index (χ1n) is 6.95. The molecule has 0 saturated heterocycles. The van der Waals surface area contributed by atoms with Gasteiger partial charge in [0.1, 0.15) is 0 Å². The fraction of sp³-hybridized carbons (Fsp3) is 0.571. The first-order valence-corrected chi connectivity index (χ1v) is 6.95. The van der Waals surface area contributed by atoms with Gasteiger partial charge in [-0.2, -0.15) is 43.9 Å². The molecule has 13 heteroatoms. The molecule has 3 nitrogen and oxygen atoms in total. The van der Waals surface area contributed by atoms with Crippen LogP contribution in [0.2, 0.25) is 0 Å². The van der Waals surface area contributed by atoms with Crippen LogP contribution < -0.4 is 5.32 Å². The first-order chi connectivity index (χ1) is 11.8. The topological polar surface area (TPSA) is 42.0 Å². The predicted octanol–water partition coefficient (Wildman–Crippen LogP) is 4.83. The molecule has 0 unspecified atom stereocenters. The van der Waals surface area contributed by atoms with Crippen molar-refractivity contribution in [2.75, 3.05) is 5.32 Å². The molecule has 0 aliphatic heterocycles. The zero-order valence-corrected chi connectivity index (χ0v) is 13.8. The van der Waals surface area contributed by atoms with E-state index in [-0.39, 0.29) is 11.4 Å². The number of carbonyl (C=O) groups excluding carboxylic acids is 1. The number of aryl methyl sites for hydroxylation is 2. The van der Waals surface area contributed by atoms with E-state index in [1.807, 2.05) is 0 Å². The Morgan fingerprint density at radius 1 is 0.815 bits per heavy atom. The van der Waals surface area contributed by atoms with Crippen molar-refractivity contribution >= 4 is 11.6 Å². The highest BCUT2D eigenvalue weighted by atomic mass is 19.4. The van der Waals surface area contributed by atoms with Gasteiger partial charge in [0.25, 0.3) is 0 Å². The molecule has 0 bridgehead atoms. The molecule has 1 amide bonds. The highest BCUT2D eigenvalue weighted by molar-refractivity contribution is 5.97. The zero-order chi connectivity index (χ0) is 21.6. The fourth-order valence-corrected chi connectivity index (χ4v) is 1.93. The summed E-state index contributed by atoms with van der Waals surface area (Å²) in [4.78, 5) is 15.2. The maximum Gasteiger partial charge on any atom is 0.393 e. The van der Waals surface area contributed by atoms with Crippen LogP contribution in [0.15, 0.2) is 12.1 Å². The molecule has 0 aliphatic rings.